The van der Waals surface area contributed by atoms with Crippen molar-refractivity contribution in [3.05, 3.63) is 77.4 Å². The summed E-state index contributed by atoms with van der Waals surface area (Å²) in [5.41, 5.74) is 2.25. The minimum Gasteiger partial charge on any atom is -0.457 e. The number of likely N-dealkylation sites (N-methyl/N-ethyl adjacent to an activating group) is 1. The lowest BCUT2D eigenvalue weighted by Crippen LogP contribution is -2.58. The minimum absolute atomic E-state index is 0.0212. The highest BCUT2D eigenvalue weighted by Gasteiger charge is 2.33. The molecule has 10 heteroatoms. The number of imidazole rings is 1. The van der Waals surface area contributed by atoms with E-state index in [1.165, 1.54) is 4.90 Å². The molecular weight excluding hydrogens is 522 g/mol. The van der Waals surface area contributed by atoms with Crippen molar-refractivity contribution >= 4 is 17.7 Å². The lowest BCUT2D eigenvalue weighted by Gasteiger charge is -2.39. The van der Waals surface area contributed by atoms with E-state index in [9.17, 15) is 14.4 Å². The molecule has 5 rings (SSSR count). The average Bonchev–Trinajstić information content (AvgIpc) is 3.43. The summed E-state index contributed by atoms with van der Waals surface area (Å²) in [6.07, 6.45) is 5.08. The zero-order valence-corrected chi connectivity index (χ0v) is 23.8. The first-order chi connectivity index (χ1) is 19.8. The Kier molecular flexibility index (Phi) is 8.68. The van der Waals surface area contributed by atoms with Crippen molar-refractivity contribution in [1.29, 1.82) is 0 Å². The van der Waals surface area contributed by atoms with Gasteiger partial charge < -0.3 is 29.2 Å². The number of hydrogen-bond donors (Lipinski definition) is 1. The molecule has 1 fully saturated rings. The molecule has 3 aromatic rings. The summed E-state index contributed by atoms with van der Waals surface area (Å²) in [4.78, 5) is 47.0. The van der Waals surface area contributed by atoms with E-state index in [4.69, 9.17) is 9.47 Å². The third-order valence-electron chi connectivity index (χ3n) is 7.69. The van der Waals surface area contributed by atoms with E-state index in [1.54, 1.807) is 30.3 Å². The zero-order chi connectivity index (χ0) is 28.9. The molecule has 2 aromatic carbocycles. The molecule has 0 unspecified atom stereocenters. The number of amides is 3. The van der Waals surface area contributed by atoms with Gasteiger partial charge in [0.05, 0.1) is 25.3 Å². The minimum atomic E-state index is -0.415. The molecule has 216 valence electrons. The molecule has 41 heavy (non-hydrogen) atoms. The molecule has 3 amide bonds. The third kappa shape index (κ3) is 6.77. The Morgan fingerprint density at radius 1 is 1.17 bits per heavy atom. The smallest absolute Gasteiger partial charge is 0.254 e. The molecule has 0 saturated carbocycles. The Bertz CT molecular complexity index is 1420. The highest BCUT2D eigenvalue weighted by Crippen LogP contribution is 2.28. The molecule has 1 saturated heterocycles. The SMILES string of the molecule is CCc1nccn1CCC(=O)N1CC[C@H]2OCc3cccc(c3)Oc3cc(ccc3C)C(=O)N(C)CC(=O)N[C@H]2C1. The maximum Gasteiger partial charge on any atom is 0.254 e. The van der Waals surface area contributed by atoms with Crippen molar-refractivity contribution in [3.63, 3.8) is 0 Å². The van der Waals surface area contributed by atoms with Gasteiger partial charge in [0.15, 0.2) is 0 Å². The maximum atomic E-state index is 13.2. The molecule has 0 spiro atoms. The van der Waals surface area contributed by atoms with Gasteiger partial charge in [-0.3, -0.25) is 14.4 Å². The molecular formula is C31H37N5O5. The third-order valence-corrected chi connectivity index (χ3v) is 7.69. The molecule has 10 nitrogen and oxygen atoms in total. The molecule has 3 heterocycles. The van der Waals surface area contributed by atoms with Crippen molar-refractivity contribution in [1.82, 2.24) is 24.7 Å². The van der Waals surface area contributed by atoms with Gasteiger partial charge in [-0.25, -0.2) is 4.98 Å². The first-order valence-electron chi connectivity index (χ1n) is 14.1. The van der Waals surface area contributed by atoms with Crippen LogP contribution in [-0.4, -0.2) is 75.9 Å². The largest absolute Gasteiger partial charge is 0.457 e. The molecule has 2 aliphatic heterocycles. The number of carbonyl (C=O) groups excluding carboxylic acids is 3. The van der Waals surface area contributed by atoms with Crippen LogP contribution in [0.3, 0.4) is 0 Å². The summed E-state index contributed by atoms with van der Waals surface area (Å²) in [5, 5.41) is 3.06. The number of rotatable bonds is 4. The quantitative estimate of drug-likeness (QED) is 0.526. The average molecular weight is 560 g/mol. The van der Waals surface area contributed by atoms with Crippen LogP contribution >= 0.6 is 0 Å². The molecule has 0 aliphatic carbocycles. The molecule has 2 aliphatic rings. The lowest BCUT2D eigenvalue weighted by atomic mass is 10.0. The van der Waals surface area contributed by atoms with Crippen LogP contribution in [0.2, 0.25) is 0 Å². The van der Waals surface area contributed by atoms with Gasteiger partial charge in [0.1, 0.15) is 17.3 Å². The number of aromatic nitrogens is 2. The van der Waals surface area contributed by atoms with Crippen LogP contribution in [0.15, 0.2) is 54.9 Å². The van der Waals surface area contributed by atoms with E-state index in [1.807, 2.05) is 54.9 Å². The van der Waals surface area contributed by atoms with Crippen LogP contribution in [0.5, 0.6) is 11.5 Å². The molecule has 0 radical (unpaired) electrons. The van der Waals surface area contributed by atoms with E-state index in [-0.39, 0.29) is 30.4 Å². The molecule has 4 bridgehead atoms. The van der Waals surface area contributed by atoms with Gasteiger partial charge in [-0.1, -0.05) is 25.1 Å². The van der Waals surface area contributed by atoms with Gasteiger partial charge >= 0.3 is 0 Å². The summed E-state index contributed by atoms with van der Waals surface area (Å²) < 4.78 is 14.5. The van der Waals surface area contributed by atoms with E-state index >= 15 is 0 Å². The van der Waals surface area contributed by atoms with Gasteiger partial charge in [-0.2, -0.15) is 0 Å². The second-order valence-electron chi connectivity index (χ2n) is 10.7. The first-order valence-corrected chi connectivity index (χ1v) is 14.1. The number of fused-ring (bicyclic) bond motifs is 5. The van der Waals surface area contributed by atoms with Crippen molar-refractivity contribution in [3.8, 4) is 11.5 Å². The Labute approximate surface area is 240 Å². The van der Waals surface area contributed by atoms with Crippen LogP contribution < -0.4 is 10.1 Å². The fourth-order valence-corrected chi connectivity index (χ4v) is 5.36. The van der Waals surface area contributed by atoms with Crippen molar-refractivity contribution in [2.45, 2.75) is 58.4 Å². The normalized spacial score (nSPS) is 19.8. The van der Waals surface area contributed by atoms with Gasteiger partial charge in [0.2, 0.25) is 11.8 Å². The highest BCUT2D eigenvalue weighted by atomic mass is 16.5. The van der Waals surface area contributed by atoms with Crippen LogP contribution in [0.25, 0.3) is 0 Å². The second-order valence-corrected chi connectivity index (χ2v) is 10.7. The Morgan fingerprint density at radius 3 is 2.85 bits per heavy atom. The Hall–Kier alpha value is -4.18. The number of hydrogen-bond acceptors (Lipinski definition) is 6. The number of nitrogens with one attached hydrogen (secondary N) is 1. The number of likely N-dealkylation sites (tertiary alicyclic amines) is 1. The highest BCUT2D eigenvalue weighted by molar-refractivity contribution is 5.96. The van der Waals surface area contributed by atoms with E-state index < -0.39 is 6.04 Å². The molecule has 2 atom stereocenters. The van der Waals surface area contributed by atoms with Crippen molar-refractivity contribution < 1.29 is 23.9 Å². The lowest BCUT2D eigenvalue weighted by molar-refractivity contribution is -0.137. The first kappa shape index (κ1) is 28.4. The number of benzene rings is 2. The predicted molar refractivity (Wildman–Crippen MR) is 153 cm³/mol. The summed E-state index contributed by atoms with van der Waals surface area (Å²) in [7, 11) is 1.60. The van der Waals surface area contributed by atoms with Gasteiger partial charge in [-0.15, -0.1) is 0 Å². The topological polar surface area (TPSA) is 106 Å². The standard InChI is InChI=1S/C31H37N5O5/c1-4-28-32-12-15-35(28)14-11-30(38)36-13-10-26-25(18-36)33-29(37)19-34(3)31(39)23-9-8-21(2)27(17-23)41-24-7-5-6-22(16-24)20-40-26/h5-9,12,15-17,25-26H,4,10-11,13-14,18-20H2,1-3H3,(H,33,37)/t25-,26+/m0/s1. The van der Waals surface area contributed by atoms with E-state index in [2.05, 4.69) is 10.3 Å². The Morgan fingerprint density at radius 2 is 2.02 bits per heavy atom. The van der Waals surface area contributed by atoms with Gasteiger partial charge in [-0.05, 0) is 48.7 Å². The van der Waals surface area contributed by atoms with Crippen LogP contribution in [0, 0.1) is 6.92 Å². The summed E-state index contributed by atoms with van der Waals surface area (Å²) >= 11 is 0. The Balaban J connectivity index is 1.34. The van der Waals surface area contributed by atoms with Crippen LogP contribution in [-0.2, 0) is 33.9 Å². The number of nitrogens with zero attached hydrogens (tertiary/aromatic N) is 4. The maximum absolute atomic E-state index is 13.2. The fourth-order valence-electron chi connectivity index (χ4n) is 5.36. The predicted octanol–water partition coefficient (Wildman–Crippen LogP) is 3.32. The van der Waals surface area contributed by atoms with Gasteiger partial charge in [0.25, 0.3) is 5.91 Å². The number of piperidine rings is 1. The second kappa shape index (κ2) is 12.6. The van der Waals surface area contributed by atoms with Crippen molar-refractivity contribution in [2.24, 2.45) is 0 Å². The monoisotopic (exact) mass is 559 g/mol. The van der Waals surface area contributed by atoms with Crippen LogP contribution in [0.1, 0.15) is 47.1 Å². The van der Waals surface area contributed by atoms with Crippen LogP contribution in [0.4, 0.5) is 0 Å². The summed E-state index contributed by atoms with van der Waals surface area (Å²) in [6.45, 7) is 5.60. The van der Waals surface area contributed by atoms with Gasteiger partial charge in [0, 0.05) is 57.5 Å². The number of ether oxygens (including phenoxy) is 2. The molecule has 1 N–H and O–H groups in total. The number of carbonyl (C=O) groups is 3. The van der Waals surface area contributed by atoms with E-state index in [0.29, 0.717) is 56.1 Å². The van der Waals surface area contributed by atoms with Crippen molar-refractivity contribution in [2.75, 3.05) is 26.7 Å². The number of aryl methyl sites for hydroxylation is 3. The molecule has 1 aromatic heterocycles. The summed E-state index contributed by atoms with van der Waals surface area (Å²) in [6, 6.07) is 12.5. The fraction of sp³-hybridized carbons (Fsp3) is 0.419. The summed E-state index contributed by atoms with van der Waals surface area (Å²) in [5.74, 6) is 1.60. The zero-order valence-electron chi connectivity index (χ0n) is 23.8. The van der Waals surface area contributed by atoms with E-state index in [0.717, 1.165) is 23.4 Å².